The van der Waals surface area contributed by atoms with Gasteiger partial charge in [0, 0.05) is 6.42 Å². The van der Waals surface area contributed by atoms with Gasteiger partial charge in [0.2, 0.25) is 0 Å². The second-order valence-corrected chi connectivity index (χ2v) is 5.34. The first-order valence-corrected chi connectivity index (χ1v) is 5.50. The molecule has 1 saturated heterocycles. The highest BCUT2D eigenvalue weighted by molar-refractivity contribution is 5.81. The summed E-state index contributed by atoms with van der Waals surface area (Å²) in [4.78, 5) is 23.8. The van der Waals surface area contributed by atoms with Crippen LogP contribution in [-0.4, -0.2) is 51.0 Å². The zero-order valence-electron chi connectivity index (χ0n) is 10.6. The van der Waals surface area contributed by atoms with Gasteiger partial charge >= 0.3 is 12.1 Å². The van der Waals surface area contributed by atoms with Crippen molar-refractivity contribution in [3.05, 3.63) is 0 Å². The fourth-order valence-corrected chi connectivity index (χ4v) is 1.72. The van der Waals surface area contributed by atoms with E-state index in [1.54, 1.807) is 20.8 Å². The van der Waals surface area contributed by atoms with E-state index in [0.717, 1.165) is 4.90 Å². The highest BCUT2D eigenvalue weighted by atomic mass is 16.6. The molecule has 1 amide bonds. The van der Waals surface area contributed by atoms with E-state index < -0.39 is 29.3 Å². The lowest BCUT2D eigenvalue weighted by Crippen LogP contribution is -2.44. The van der Waals surface area contributed by atoms with Crippen LogP contribution in [0, 0.1) is 12.3 Å². The van der Waals surface area contributed by atoms with Gasteiger partial charge in [0.25, 0.3) is 0 Å². The predicted molar refractivity (Wildman–Crippen MR) is 62.8 cm³/mol. The Morgan fingerprint density at radius 3 is 2.44 bits per heavy atom. The first-order chi connectivity index (χ1) is 8.08. The number of carbonyl (C=O) groups excluding carboxylic acids is 1. The van der Waals surface area contributed by atoms with Crippen molar-refractivity contribution in [1.82, 2.24) is 4.90 Å². The Morgan fingerprint density at radius 2 is 2.06 bits per heavy atom. The quantitative estimate of drug-likeness (QED) is 0.664. The number of rotatable bonds is 1. The standard InChI is InChI=1S/C12H17NO5/c1-5-12(17)6-8(9(14)15)13(7-12)10(16)18-11(2,3)4/h1,8,17H,6-7H2,2-4H3,(H,14,15). The molecule has 1 aliphatic heterocycles. The summed E-state index contributed by atoms with van der Waals surface area (Å²) in [6.45, 7) is 4.77. The summed E-state index contributed by atoms with van der Waals surface area (Å²) in [5.74, 6) is 0.900. The third kappa shape index (κ3) is 3.14. The van der Waals surface area contributed by atoms with Crippen molar-refractivity contribution in [2.24, 2.45) is 0 Å². The van der Waals surface area contributed by atoms with Crippen LogP contribution in [0.3, 0.4) is 0 Å². The summed E-state index contributed by atoms with van der Waals surface area (Å²) in [5, 5.41) is 18.9. The molecule has 1 aliphatic rings. The van der Waals surface area contributed by atoms with E-state index in [2.05, 4.69) is 5.92 Å². The van der Waals surface area contributed by atoms with Gasteiger partial charge in [0.05, 0.1) is 6.54 Å². The minimum Gasteiger partial charge on any atom is -0.480 e. The molecule has 0 aromatic rings. The van der Waals surface area contributed by atoms with Crippen molar-refractivity contribution >= 4 is 12.1 Å². The number of nitrogens with zero attached hydrogens (tertiary/aromatic N) is 1. The number of carboxylic acid groups (broad SMARTS) is 1. The Labute approximate surface area is 106 Å². The summed E-state index contributed by atoms with van der Waals surface area (Å²) in [6, 6.07) is -1.17. The molecule has 18 heavy (non-hydrogen) atoms. The Hall–Kier alpha value is -1.74. The SMILES string of the molecule is C#CC1(O)CC(C(=O)O)N(C(=O)OC(C)(C)C)C1. The topological polar surface area (TPSA) is 87.1 Å². The molecule has 6 nitrogen and oxygen atoms in total. The summed E-state index contributed by atoms with van der Waals surface area (Å²) in [7, 11) is 0. The molecule has 2 atom stereocenters. The second-order valence-electron chi connectivity index (χ2n) is 5.34. The highest BCUT2D eigenvalue weighted by Gasteiger charge is 2.48. The van der Waals surface area contributed by atoms with Gasteiger partial charge in [-0.2, -0.15) is 0 Å². The average Bonchev–Trinajstić information content (AvgIpc) is 2.55. The minimum absolute atomic E-state index is 0.196. The fourth-order valence-electron chi connectivity index (χ4n) is 1.72. The van der Waals surface area contributed by atoms with E-state index in [1.165, 1.54) is 0 Å². The number of ether oxygens (including phenoxy) is 1. The Bertz CT molecular complexity index is 406. The van der Waals surface area contributed by atoms with Crippen LogP contribution in [0.4, 0.5) is 4.79 Å². The van der Waals surface area contributed by atoms with Gasteiger partial charge in [-0.3, -0.25) is 4.90 Å². The monoisotopic (exact) mass is 255 g/mol. The van der Waals surface area contributed by atoms with E-state index >= 15 is 0 Å². The van der Waals surface area contributed by atoms with Crippen molar-refractivity contribution < 1.29 is 24.5 Å². The number of amides is 1. The minimum atomic E-state index is -1.61. The third-order valence-corrected chi connectivity index (χ3v) is 2.52. The largest absolute Gasteiger partial charge is 0.480 e. The number of hydrogen-bond acceptors (Lipinski definition) is 4. The van der Waals surface area contributed by atoms with Crippen LogP contribution in [0.15, 0.2) is 0 Å². The van der Waals surface area contributed by atoms with E-state index in [4.69, 9.17) is 16.3 Å². The predicted octanol–water partition coefficient (Wildman–Crippen LogP) is 0.445. The first kappa shape index (κ1) is 14.3. The number of likely N-dealkylation sites (tertiary alicyclic amines) is 1. The molecule has 0 saturated carbocycles. The molecule has 2 unspecified atom stereocenters. The number of terminal acetylenes is 1. The maximum Gasteiger partial charge on any atom is 0.411 e. The average molecular weight is 255 g/mol. The molecule has 6 heteroatoms. The Kier molecular flexibility index (Phi) is 3.58. The zero-order valence-corrected chi connectivity index (χ0v) is 10.6. The lowest BCUT2D eigenvalue weighted by Gasteiger charge is -2.26. The molecule has 0 aromatic heterocycles. The van der Waals surface area contributed by atoms with Crippen molar-refractivity contribution in [3.63, 3.8) is 0 Å². The lowest BCUT2D eigenvalue weighted by atomic mass is 10.0. The van der Waals surface area contributed by atoms with Gasteiger partial charge < -0.3 is 14.9 Å². The molecule has 0 bridgehead atoms. The van der Waals surface area contributed by atoms with Gasteiger partial charge in [-0.15, -0.1) is 6.42 Å². The first-order valence-electron chi connectivity index (χ1n) is 5.50. The summed E-state index contributed by atoms with van der Waals surface area (Å²) in [5.41, 5.74) is -2.35. The van der Waals surface area contributed by atoms with Gasteiger partial charge in [-0.1, -0.05) is 5.92 Å². The summed E-state index contributed by atoms with van der Waals surface area (Å²) in [6.07, 6.45) is 4.16. The number of carbonyl (C=O) groups is 2. The van der Waals surface area contributed by atoms with E-state index in [1.807, 2.05) is 0 Å². The normalized spacial score (nSPS) is 27.7. The van der Waals surface area contributed by atoms with Crippen LogP contribution in [0.5, 0.6) is 0 Å². The van der Waals surface area contributed by atoms with Crippen LogP contribution >= 0.6 is 0 Å². The smallest absolute Gasteiger partial charge is 0.411 e. The van der Waals surface area contributed by atoms with E-state index in [0.29, 0.717) is 0 Å². The zero-order chi connectivity index (χ0) is 14.1. The number of carboxylic acids is 1. The van der Waals surface area contributed by atoms with Crippen LogP contribution in [0.2, 0.25) is 0 Å². The molecule has 0 aliphatic carbocycles. The molecule has 1 heterocycles. The second kappa shape index (κ2) is 4.50. The lowest BCUT2D eigenvalue weighted by molar-refractivity contribution is -0.142. The number of aliphatic hydroxyl groups is 1. The fraction of sp³-hybridized carbons (Fsp3) is 0.667. The maximum absolute atomic E-state index is 11.8. The molecular formula is C12H17NO5. The molecule has 1 rings (SSSR count). The van der Waals surface area contributed by atoms with E-state index in [9.17, 15) is 14.7 Å². The molecule has 0 radical (unpaired) electrons. The summed E-state index contributed by atoms with van der Waals surface area (Å²) >= 11 is 0. The van der Waals surface area contributed by atoms with Crippen molar-refractivity contribution in [3.8, 4) is 12.3 Å². The molecule has 0 spiro atoms. The number of β-amino-alcohol motifs (C(OH)–C–C–N with tert-alkyl or cyclic N) is 1. The van der Waals surface area contributed by atoms with Gasteiger partial charge in [-0.05, 0) is 20.8 Å². The number of aliphatic carboxylic acids is 1. The molecule has 2 N–H and O–H groups in total. The maximum atomic E-state index is 11.8. The third-order valence-electron chi connectivity index (χ3n) is 2.52. The van der Waals surface area contributed by atoms with Crippen LogP contribution < -0.4 is 0 Å². The Morgan fingerprint density at radius 1 is 1.50 bits per heavy atom. The van der Waals surface area contributed by atoms with Crippen LogP contribution in [-0.2, 0) is 9.53 Å². The molecule has 1 fully saturated rings. The van der Waals surface area contributed by atoms with Gasteiger partial charge in [0.15, 0.2) is 0 Å². The van der Waals surface area contributed by atoms with Crippen molar-refractivity contribution in [2.75, 3.05) is 6.54 Å². The van der Waals surface area contributed by atoms with Crippen LogP contribution in [0.1, 0.15) is 27.2 Å². The molecule has 100 valence electrons. The van der Waals surface area contributed by atoms with Crippen LogP contribution in [0.25, 0.3) is 0 Å². The van der Waals surface area contributed by atoms with Crippen molar-refractivity contribution in [1.29, 1.82) is 0 Å². The Balaban J connectivity index is 2.90. The van der Waals surface area contributed by atoms with Gasteiger partial charge in [-0.25, -0.2) is 9.59 Å². The molecule has 0 aromatic carbocycles. The van der Waals surface area contributed by atoms with E-state index in [-0.39, 0.29) is 13.0 Å². The van der Waals surface area contributed by atoms with Gasteiger partial charge in [0.1, 0.15) is 17.2 Å². The molecular weight excluding hydrogens is 238 g/mol. The summed E-state index contributed by atoms with van der Waals surface area (Å²) < 4.78 is 5.08. The van der Waals surface area contributed by atoms with Crippen molar-refractivity contribution in [2.45, 2.75) is 44.4 Å². The highest BCUT2D eigenvalue weighted by Crippen LogP contribution is 2.28. The number of hydrogen-bond donors (Lipinski definition) is 2.